The quantitative estimate of drug-likeness (QED) is 0.233. The number of guanidine groups is 1. The number of allylic oxidation sites excluding steroid dienone is 2. The van der Waals surface area contributed by atoms with Crippen molar-refractivity contribution in [3.63, 3.8) is 0 Å². The zero-order valence-electron chi connectivity index (χ0n) is 13.4. The van der Waals surface area contributed by atoms with Crippen LogP contribution in [0.4, 0.5) is 11.4 Å². The van der Waals surface area contributed by atoms with E-state index in [9.17, 15) is 0 Å². The lowest BCUT2D eigenvalue weighted by Gasteiger charge is -2.12. The highest BCUT2D eigenvalue weighted by molar-refractivity contribution is 5.95. The van der Waals surface area contributed by atoms with Crippen molar-refractivity contribution in [1.82, 2.24) is 0 Å². The lowest BCUT2D eigenvalue weighted by molar-refractivity contribution is 1.00. The van der Waals surface area contributed by atoms with Gasteiger partial charge in [-0.05, 0) is 16.9 Å². The molecule has 0 heterocycles. The van der Waals surface area contributed by atoms with Gasteiger partial charge in [0.05, 0.1) is 11.4 Å². The summed E-state index contributed by atoms with van der Waals surface area (Å²) in [5, 5.41) is 6.08. The van der Waals surface area contributed by atoms with E-state index in [1.165, 1.54) is 0 Å². The van der Waals surface area contributed by atoms with Crippen molar-refractivity contribution in [3.05, 3.63) is 58.8 Å². The molecule has 0 saturated carbocycles. The first-order valence-electron chi connectivity index (χ1n) is 7.20. The zero-order chi connectivity index (χ0) is 17.4. The number of nitrogens with zero attached hydrogens (tertiary/aromatic N) is 1. The fourth-order valence-corrected chi connectivity index (χ4v) is 2.11. The Morgan fingerprint density at radius 1 is 1.04 bits per heavy atom. The Bertz CT molecular complexity index is 860. The summed E-state index contributed by atoms with van der Waals surface area (Å²) in [6.45, 7) is 19.8. The minimum absolute atomic E-state index is 0.276. The number of aliphatic imine (C=N–C) groups is 1. The van der Waals surface area contributed by atoms with Crippen molar-refractivity contribution in [1.29, 1.82) is 0 Å². The summed E-state index contributed by atoms with van der Waals surface area (Å²) in [7, 11) is 0. The molecule has 1 rings (SSSR count). The van der Waals surface area contributed by atoms with Gasteiger partial charge in [0.15, 0.2) is 5.96 Å². The molecule has 0 amide bonds. The van der Waals surface area contributed by atoms with Crippen LogP contribution >= 0.6 is 0 Å². The number of benzene rings is 1. The van der Waals surface area contributed by atoms with Crippen LogP contribution in [0.1, 0.15) is 6.42 Å². The summed E-state index contributed by atoms with van der Waals surface area (Å²) in [4.78, 5) is 4.23. The second-order valence-corrected chi connectivity index (χ2v) is 4.85. The van der Waals surface area contributed by atoms with Gasteiger partial charge in [-0.1, -0.05) is 56.7 Å². The Labute approximate surface area is 136 Å². The lowest BCUT2D eigenvalue weighted by Crippen LogP contribution is -2.49. The average Bonchev–Trinajstić information content (AvgIpc) is 2.53. The van der Waals surface area contributed by atoms with E-state index < -0.39 is 0 Å². The molecule has 0 unspecified atom stereocenters. The molecule has 0 aliphatic rings. The molecule has 0 atom stereocenters. The van der Waals surface area contributed by atoms with Gasteiger partial charge in [-0.15, -0.1) is 6.58 Å². The first-order valence-corrected chi connectivity index (χ1v) is 7.20. The van der Waals surface area contributed by atoms with Gasteiger partial charge in [0, 0.05) is 17.0 Å². The van der Waals surface area contributed by atoms with Crippen molar-refractivity contribution in [3.8, 4) is 0 Å². The standard InChI is InChI=1S/C19H24N4/c1-6-9-12-22-19(21)23-18-16(11-8-3)14(5)13(4)15(10-7-2)17(18)20/h6-8,10-11H,1-5,9,12,20H2,(H3,21,22,23)/b15-10+,16-11+. The lowest BCUT2D eigenvalue weighted by atomic mass is 10.1. The third-order valence-electron chi connectivity index (χ3n) is 3.28. The van der Waals surface area contributed by atoms with Crippen molar-refractivity contribution < 1.29 is 0 Å². The maximum Gasteiger partial charge on any atom is 0.193 e. The minimum Gasteiger partial charge on any atom is -0.397 e. The monoisotopic (exact) mass is 308 g/mol. The van der Waals surface area contributed by atoms with E-state index in [4.69, 9.17) is 11.5 Å². The predicted molar refractivity (Wildman–Crippen MR) is 105 cm³/mol. The zero-order valence-corrected chi connectivity index (χ0v) is 13.4. The fourth-order valence-electron chi connectivity index (χ4n) is 2.11. The summed E-state index contributed by atoms with van der Waals surface area (Å²) in [5.74, 6) is 0.276. The SMILES string of the molecule is C=C/C=c1/c(N)c(NC(N)=NCCC=C)/c(=C/C=C)c(=C)c1=C. The third-order valence-corrected chi connectivity index (χ3v) is 3.28. The number of nitrogens with two attached hydrogens (primary N) is 2. The average molecular weight is 308 g/mol. The molecule has 0 spiro atoms. The highest BCUT2D eigenvalue weighted by atomic mass is 15.1. The van der Waals surface area contributed by atoms with Crippen molar-refractivity contribution in [2.24, 2.45) is 10.7 Å². The van der Waals surface area contributed by atoms with Crippen molar-refractivity contribution in [2.75, 3.05) is 17.6 Å². The van der Waals surface area contributed by atoms with Crippen LogP contribution in [0, 0.1) is 0 Å². The summed E-state index contributed by atoms with van der Waals surface area (Å²) in [5.41, 5.74) is 13.4. The molecule has 5 N–H and O–H groups in total. The minimum atomic E-state index is 0.276. The van der Waals surface area contributed by atoms with Crippen LogP contribution in [0.5, 0.6) is 0 Å². The van der Waals surface area contributed by atoms with E-state index in [1.54, 1.807) is 24.3 Å². The van der Waals surface area contributed by atoms with Crippen LogP contribution in [0.2, 0.25) is 0 Å². The first-order chi connectivity index (χ1) is 11.0. The molecule has 0 fully saturated rings. The van der Waals surface area contributed by atoms with Crippen LogP contribution in [-0.2, 0) is 0 Å². The summed E-state index contributed by atoms with van der Waals surface area (Å²) < 4.78 is 0. The number of rotatable bonds is 6. The Morgan fingerprint density at radius 2 is 1.61 bits per heavy atom. The van der Waals surface area contributed by atoms with E-state index >= 15 is 0 Å². The Morgan fingerprint density at radius 3 is 2.17 bits per heavy atom. The second-order valence-electron chi connectivity index (χ2n) is 4.85. The van der Waals surface area contributed by atoms with E-state index in [-0.39, 0.29) is 5.96 Å². The number of anilines is 2. The molecule has 1 aromatic rings. The van der Waals surface area contributed by atoms with E-state index in [2.05, 4.69) is 43.2 Å². The van der Waals surface area contributed by atoms with Gasteiger partial charge < -0.3 is 16.8 Å². The number of hydrogen-bond acceptors (Lipinski definition) is 2. The topological polar surface area (TPSA) is 76.4 Å². The Balaban J connectivity index is 3.64. The van der Waals surface area contributed by atoms with Gasteiger partial charge in [-0.25, -0.2) is 0 Å². The fraction of sp³-hybridized carbons (Fsp3) is 0.105. The van der Waals surface area contributed by atoms with Gasteiger partial charge in [-0.2, -0.15) is 0 Å². The maximum atomic E-state index is 6.28. The summed E-state index contributed by atoms with van der Waals surface area (Å²) >= 11 is 0. The number of nitrogen functional groups attached to an aromatic ring is 1. The van der Waals surface area contributed by atoms with Crippen LogP contribution < -0.4 is 37.7 Å². The molecule has 0 saturated heterocycles. The van der Waals surface area contributed by atoms with Gasteiger partial charge in [0.25, 0.3) is 0 Å². The largest absolute Gasteiger partial charge is 0.397 e. The molecular formula is C19H24N4. The predicted octanol–water partition coefficient (Wildman–Crippen LogP) is 0.325. The van der Waals surface area contributed by atoms with Gasteiger partial charge >= 0.3 is 0 Å². The molecule has 4 nitrogen and oxygen atoms in total. The highest BCUT2D eigenvalue weighted by Gasteiger charge is 2.06. The number of nitrogens with one attached hydrogen (secondary N) is 1. The summed E-state index contributed by atoms with van der Waals surface area (Å²) in [6, 6.07) is 0. The van der Waals surface area contributed by atoms with Gasteiger partial charge in [0.2, 0.25) is 0 Å². The maximum absolute atomic E-state index is 6.28. The normalized spacial score (nSPS) is 13.0. The Kier molecular flexibility index (Phi) is 6.62. The second kappa shape index (κ2) is 8.44. The van der Waals surface area contributed by atoms with Crippen molar-refractivity contribution in [2.45, 2.75) is 6.42 Å². The molecule has 4 heteroatoms. The number of hydrogen-bond donors (Lipinski definition) is 3. The van der Waals surface area contributed by atoms with Gasteiger partial charge in [-0.3, -0.25) is 4.99 Å². The van der Waals surface area contributed by atoms with Crippen LogP contribution in [-0.4, -0.2) is 12.5 Å². The highest BCUT2D eigenvalue weighted by Crippen LogP contribution is 2.04. The van der Waals surface area contributed by atoms with Gasteiger partial charge in [0.1, 0.15) is 0 Å². The van der Waals surface area contributed by atoms with E-state index in [0.29, 0.717) is 17.9 Å². The first kappa shape index (κ1) is 18.0. The summed E-state index contributed by atoms with van der Waals surface area (Å²) in [6.07, 6.45) is 9.45. The molecule has 1 aromatic carbocycles. The third kappa shape index (κ3) is 4.23. The van der Waals surface area contributed by atoms with Crippen LogP contribution in [0.25, 0.3) is 25.3 Å². The Hall–Kier alpha value is -3.01. The van der Waals surface area contributed by atoms with Crippen LogP contribution in [0.3, 0.4) is 0 Å². The molecular weight excluding hydrogens is 284 g/mol. The van der Waals surface area contributed by atoms with E-state index in [1.807, 2.05) is 6.08 Å². The molecule has 120 valence electrons. The smallest absolute Gasteiger partial charge is 0.193 e. The van der Waals surface area contributed by atoms with Crippen molar-refractivity contribution >= 4 is 42.6 Å². The molecule has 0 aliphatic carbocycles. The molecule has 0 bridgehead atoms. The van der Waals surface area contributed by atoms with E-state index in [0.717, 1.165) is 27.3 Å². The molecule has 0 aromatic heterocycles. The molecule has 23 heavy (non-hydrogen) atoms. The molecule has 0 radical (unpaired) electrons. The molecule has 0 aliphatic heterocycles. The van der Waals surface area contributed by atoms with Crippen LogP contribution in [0.15, 0.2) is 43.0 Å².